The molecule has 6 nitrogen and oxygen atoms in total. The molecule has 1 amide bonds. The predicted octanol–water partition coefficient (Wildman–Crippen LogP) is 1.42. The van der Waals surface area contributed by atoms with Gasteiger partial charge in [0.25, 0.3) is 5.91 Å². The van der Waals surface area contributed by atoms with E-state index in [4.69, 9.17) is 0 Å². The first-order valence-corrected chi connectivity index (χ1v) is 5.81. The zero-order valence-corrected chi connectivity index (χ0v) is 10.9. The van der Waals surface area contributed by atoms with Crippen LogP contribution >= 0.6 is 0 Å². The summed E-state index contributed by atoms with van der Waals surface area (Å²) in [4.78, 5) is 23.1. The maximum absolute atomic E-state index is 13.4. The number of hydrogen-bond donors (Lipinski definition) is 1. The third-order valence-electron chi connectivity index (χ3n) is 2.66. The van der Waals surface area contributed by atoms with Crippen molar-refractivity contribution in [3.8, 4) is 0 Å². The maximum Gasteiger partial charge on any atom is 0.304 e. The number of nitro benzene ring substituents is 1. The van der Waals surface area contributed by atoms with Crippen LogP contribution in [0.25, 0.3) is 0 Å². The molecule has 0 spiro atoms. The van der Waals surface area contributed by atoms with Crippen molar-refractivity contribution < 1.29 is 14.1 Å². The number of nitrogens with zero attached hydrogens (tertiary/aromatic N) is 2. The first-order valence-electron chi connectivity index (χ1n) is 5.81. The Labute approximate surface area is 110 Å². The summed E-state index contributed by atoms with van der Waals surface area (Å²) in [5.74, 6) is -1.36. The lowest BCUT2D eigenvalue weighted by Gasteiger charge is -2.17. The van der Waals surface area contributed by atoms with E-state index in [1.807, 2.05) is 7.05 Å². The highest BCUT2D eigenvalue weighted by molar-refractivity contribution is 5.94. The van der Waals surface area contributed by atoms with Crippen molar-refractivity contribution in [1.29, 1.82) is 0 Å². The van der Waals surface area contributed by atoms with Crippen LogP contribution in [-0.2, 0) is 0 Å². The predicted molar refractivity (Wildman–Crippen MR) is 68.6 cm³/mol. The molecular weight excluding hydrogens is 253 g/mol. The fraction of sp³-hybridized carbons (Fsp3) is 0.417. The molecule has 0 aliphatic rings. The van der Waals surface area contributed by atoms with Gasteiger partial charge in [0, 0.05) is 25.2 Å². The summed E-state index contributed by atoms with van der Waals surface area (Å²) in [6.45, 7) is 1.30. The number of benzene rings is 1. The van der Waals surface area contributed by atoms with Gasteiger partial charge >= 0.3 is 5.69 Å². The average Bonchev–Trinajstić information content (AvgIpc) is 2.37. The number of rotatable bonds is 6. The Balaban J connectivity index is 2.77. The molecule has 0 aliphatic carbocycles. The minimum Gasteiger partial charge on any atom is -0.342 e. The summed E-state index contributed by atoms with van der Waals surface area (Å²) in [5, 5.41) is 13.4. The smallest absolute Gasteiger partial charge is 0.304 e. The number of nitro groups is 1. The van der Waals surface area contributed by atoms with Crippen molar-refractivity contribution in [2.24, 2.45) is 0 Å². The molecule has 7 heteroatoms. The summed E-state index contributed by atoms with van der Waals surface area (Å²) in [6.07, 6.45) is 0.772. The number of hydrogen-bond acceptors (Lipinski definition) is 4. The summed E-state index contributed by atoms with van der Waals surface area (Å²) in [7, 11) is 3.42. The van der Waals surface area contributed by atoms with Gasteiger partial charge in [0.05, 0.1) is 4.92 Å². The second-order valence-electron chi connectivity index (χ2n) is 4.11. The molecule has 1 N–H and O–H groups in total. The fourth-order valence-electron chi connectivity index (χ4n) is 1.60. The third-order valence-corrected chi connectivity index (χ3v) is 2.66. The Hall–Kier alpha value is -2.02. The number of carbonyl (C=O) groups is 1. The molecule has 1 aromatic carbocycles. The van der Waals surface area contributed by atoms with Gasteiger partial charge in [0.15, 0.2) is 0 Å². The molecule has 19 heavy (non-hydrogen) atoms. The summed E-state index contributed by atoms with van der Waals surface area (Å²) < 4.78 is 13.4. The van der Waals surface area contributed by atoms with E-state index in [1.165, 1.54) is 11.0 Å². The minimum absolute atomic E-state index is 0.107. The van der Waals surface area contributed by atoms with Gasteiger partial charge in [-0.25, -0.2) is 0 Å². The summed E-state index contributed by atoms with van der Waals surface area (Å²) >= 11 is 0. The van der Waals surface area contributed by atoms with E-state index in [2.05, 4.69) is 5.32 Å². The second-order valence-corrected chi connectivity index (χ2v) is 4.11. The van der Waals surface area contributed by atoms with Gasteiger partial charge in [-0.3, -0.25) is 14.9 Å². The van der Waals surface area contributed by atoms with Crippen LogP contribution in [0.3, 0.4) is 0 Å². The highest BCUT2D eigenvalue weighted by Crippen LogP contribution is 2.18. The molecule has 0 fully saturated rings. The first-order chi connectivity index (χ1) is 8.97. The number of halogens is 1. The molecule has 0 bridgehead atoms. The van der Waals surface area contributed by atoms with Crippen LogP contribution in [-0.4, -0.2) is 42.9 Å². The summed E-state index contributed by atoms with van der Waals surface area (Å²) in [5.41, 5.74) is -0.524. The normalized spacial score (nSPS) is 10.3. The van der Waals surface area contributed by atoms with Crippen molar-refractivity contribution in [2.75, 3.05) is 27.2 Å². The largest absolute Gasteiger partial charge is 0.342 e. The number of amides is 1. The van der Waals surface area contributed by atoms with Crippen molar-refractivity contribution in [3.05, 3.63) is 39.7 Å². The molecule has 104 valence electrons. The number of carbonyl (C=O) groups excluding carboxylic acids is 1. The Morgan fingerprint density at radius 1 is 1.53 bits per heavy atom. The van der Waals surface area contributed by atoms with Gasteiger partial charge in [-0.2, -0.15) is 4.39 Å². The lowest BCUT2D eigenvalue weighted by Crippen LogP contribution is -2.29. The summed E-state index contributed by atoms with van der Waals surface area (Å²) in [6, 6.07) is 3.16. The van der Waals surface area contributed by atoms with E-state index in [1.54, 1.807) is 7.05 Å². The van der Waals surface area contributed by atoms with Gasteiger partial charge in [-0.1, -0.05) is 0 Å². The molecule has 0 atom stereocenters. The topological polar surface area (TPSA) is 75.5 Å². The molecule has 0 radical (unpaired) electrons. The highest BCUT2D eigenvalue weighted by atomic mass is 19.1. The highest BCUT2D eigenvalue weighted by Gasteiger charge is 2.18. The maximum atomic E-state index is 13.4. The molecule has 0 heterocycles. The van der Waals surface area contributed by atoms with Crippen LogP contribution in [0.5, 0.6) is 0 Å². The number of nitrogens with one attached hydrogen (secondary N) is 1. The van der Waals surface area contributed by atoms with Gasteiger partial charge in [0.2, 0.25) is 5.82 Å². The Kier molecular flexibility index (Phi) is 5.37. The van der Waals surface area contributed by atoms with Crippen molar-refractivity contribution in [2.45, 2.75) is 6.42 Å². The fourth-order valence-corrected chi connectivity index (χ4v) is 1.60. The molecular formula is C12H16FN3O3. The third kappa shape index (κ3) is 3.99. The van der Waals surface area contributed by atoms with Crippen LogP contribution in [0.1, 0.15) is 16.8 Å². The minimum atomic E-state index is -1.00. The van der Waals surface area contributed by atoms with Crippen LogP contribution in [0.2, 0.25) is 0 Å². The molecule has 1 rings (SSSR count). The van der Waals surface area contributed by atoms with E-state index in [9.17, 15) is 19.3 Å². The van der Waals surface area contributed by atoms with Gasteiger partial charge in [-0.15, -0.1) is 0 Å². The molecule has 0 saturated heterocycles. The van der Waals surface area contributed by atoms with Crippen LogP contribution < -0.4 is 5.32 Å². The average molecular weight is 269 g/mol. The van der Waals surface area contributed by atoms with E-state index in [0.717, 1.165) is 25.1 Å². The SMILES string of the molecule is CNCCCN(C)C(=O)c1ccc([N+](=O)[O-])c(F)c1. The van der Waals surface area contributed by atoms with Crippen molar-refractivity contribution >= 4 is 11.6 Å². The Morgan fingerprint density at radius 3 is 2.74 bits per heavy atom. The second kappa shape index (κ2) is 6.79. The van der Waals surface area contributed by atoms with Gasteiger partial charge < -0.3 is 10.2 Å². The zero-order valence-electron chi connectivity index (χ0n) is 10.9. The standard InChI is InChI=1S/C12H16FN3O3/c1-14-6-3-7-15(2)12(17)9-4-5-11(16(18)19)10(13)8-9/h4-5,8,14H,3,6-7H2,1-2H3. The van der Waals surface area contributed by atoms with Crippen molar-refractivity contribution in [1.82, 2.24) is 10.2 Å². The van der Waals surface area contributed by atoms with E-state index >= 15 is 0 Å². The lowest BCUT2D eigenvalue weighted by molar-refractivity contribution is -0.387. The zero-order chi connectivity index (χ0) is 14.4. The van der Waals surface area contributed by atoms with Crippen molar-refractivity contribution in [3.63, 3.8) is 0 Å². The van der Waals surface area contributed by atoms with E-state index in [0.29, 0.717) is 6.54 Å². The molecule has 1 aromatic rings. The molecule has 0 aromatic heterocycles. The van der Waals surface area contributed by atoms with Crippen LogP contribution in [0.15, 0.2) is 18.2 Å². The Bertz CT molecular complexity index is 479. The first kappa shape index (κ1) is 15.0. The van der Waals surface area contributed by atoms with E-state index in [-0.39, 0.29) is 11.5 Å². The quantitative estimate of drug-likeness (QED) is 0.481. The van der Waals surface area contributed by atoms with Crippen LogP contribution in [0.4, 0.5) is 10.1 Å². The Morgan fingerprint density at radius 2 is 2.21 bits per heavy atom. The molecule has 0 aliphatic heterocycles. The van der Waals surface area contributed by atoms with Gasteiger partial charge in [-0.05, 0) is 32.1 Å². The van der Waals surface area contributed by atoms with E-state index < -0.39 is 16.4 Å². The molecule has 0 unspecified atom stereocenters. The van der Waals surface area contributed by atoms with Crippen LogP contribution in [0, 0.1) is 15.9 Å². The molecule has 0 saturated carbocycles. The van der Waals surface area contributed by atoms with Gasteiger partial charge in [0.1, 0.15) is 0 Å². The monoisotopic (exact) mass is 269 g/mol. The lowest BCUT2D eigenvalue weighted by atomic mass is 10.1.